The maximum Gasteiger partial charge on any atom is -0.0175 e. The largest absolute Gasteiger partial charge is 0.0848 e. The Kier molecular flexibility index (Phi) is 5.33. The topological polar surface area (TPSA) is 0 Å². The van der Waals surface area contributed by atoms with Gasteiger partial charge >= 0.3 is 0 Å². The van der Waals surface area contributed by atoms with E-state index in [-0.39, 0.29) is 0 Å². The number of unbranched alkanes of at least 4 members (excludes halogenated alkanes) is 2. The van der Waals surface area contributed by atoms with Gasteiger partial charge in [-0.05, 0) is 42.9 Å². The molecule has 0 aromatic heterocycles. The maximum atomic E-state index is 2.67. The third-order valence-corrected chi connectivity index (χ3v) is 5.52. The second-order valence-corrected chi connectivity index (χ2v) is 6.88. The molecule has 0 heteroatoms. The molecule has 2 fully saturated rings. The van der Waals surface area contributed by atoms with Crippen molar-refractivity contribution < 1.29 is 0 Å². The van der Waals surface area contributed by atoms with Gasteiger partial charge in [0.2, 0.25) is 0 Å². The van der Waals surface area contributed by atoms with E-state index >= 15 is 0 Å². The molecular formula is C18H32. The average molecular weight is 248 g/mol. The molecule has 0 spiro atoms. The Morgan fingerprint density at radius 1 is 0.944 bits per heavy atom. The zero-order chi connectivity index (χ0) is 13.0. The summed E-state index contributed by atoms with van der Waals surface area (Å²) in [6, 6.07) is 0. The lowest BCUT2D eigenvalue weighted by molar-refractivity contribution is 0.380. The molecular weight excluding hydrogens is 216 g/mol. The van der Waals surface area contributed by atoms with Crippen LogP contribution in [0.1, 0.15) is 78.6 Å². The molecule has 0 aliphatic heterocycles. The Morgan fingerprint density at radius 3 is 1.89 bits per heavy atom. The van der Waals surface area contributed by atoms with Crippen molar-refractivity contribution in [2.45, 2.75) is 78.6 Å². The molecule has 0 unspecified atom stereocenters. The van der Waals surface area contributed by atoms with Gasteiger partial charge in [-0.25, -0.2) is 0 Å². The molecule has 18 heavy (non-hydrogen) atoms. The lowest BCUT2D eigenvalue weighted by atomic mass is 9.77. The van der Waals surface area contributed by atoms with Crippen LogP contribution in [0, 0.1) is 23.7 Å². The summed E-state index contributed by atoms with van der Waals surface area (Å²) in [5.74, 6) is 3.77. The lowest BCUT2D eigenvalue weighted by Gasteiger charge is -2.28. The Labute approximate surface area is 114 Å². The molecule has 2 rings (SSSR count). The van der Waals surface area contributed by atoms with Gasteiger partial charge in [-0.1, -0.05) is 70.9 Å². The first-order chi connectivity index (χ1) is 8.74. The zero-order valence-electron chi connectivity index (χ0n) is 12.8. The van der Waals surface area contributed by atoms with Crippen LogP contribution in [0.3, 0.4) is 0 Å². The maximum absolute atomic E-state index is 2.67. The SMILES string of the molecule is CCCCC=C([C@H]1CCC[C@H]1C)[C@@H]1CCC[C@@H]1C. The van der Waals surface area contributed by atoms with Gasteiger partial charge in [0.1, 0.15) is 0 Å². The Bertz CT molecular complexity index is 254. The van der Waals surface area contributed by atoms with E-state index in [0.29, 0.717) is 0 Å². The number of allylic oxidation sites excluding steroid dienone is 2. The third-order valence-electron chi connectivity index (χ3n) is 5.52. The molecule has 2 aliphatic rings. The first-order valence-electron chi connectivity index (χ1n) is 8.44. The Balaban J connectivity index is 2.09. The summed E-state index contributed by atoms with van der Waals surface area (Å²) >= 11 is 0. The molecule has 104 valence electrons. The van der Waals surface area contributed by atoms with Crippen molar-refractivity contribution in [3.63, 3.8) is 0 Å². The molecule has 0 heterocycles. The van der Waals surface area contributed by atoms with Crippen molar-refractivity contribution in [2.24, 2.45) is 23.7 Å². The summed E-state index contributed by atoms with van der Waals surface area (Å²) < 4.78 is 0. The fraction of sp³-hybridized carbons (Fsp3) is 0.889. The molecule has 0 saturated heterocycles. The molecule has 2 aliphatic carbocycles. The second-order valence-electron chi connectivity index (χ2n) is 6.88. The summed E-state index contributed by atoms with van der Waals surface area (Å²) in [7, 11) is 0. The zero-order valence-corrected chi connectivity index (χ0v) is 12.8. The molecule has 0 nitrogen and oxygen atoms in total. The van der Waals surface area contributed by atoms with Gasteiger partial charge in [-0.2, -0.15) is 0 Å². The average Bonchev–Trinajstić information content (AvgIpc) is 2.95. The highest BCUT2D eigenvalue weighted by molar-refractivity contribution is 5.16. The van der Waals surface area contributed by atoms with E-state index in [1.807, 2.05) is 5.57 Å². The van der Waals surface area contributed by atoms with E-state index in [0.717, 1.165) is 23.7 Å². The van der Waals surface area contributed by atoms with Crippen molar-refractivity contribution in [3.05, 3.63) is 11.6 Å². The van der Waals surface area contributed by atoms with Gasteiger partial charge in [-0.3, -0.25) is 0 Å². The van der Waals surface area contributed by atoms with Gasteiger partial charge < -0.3 is 0 Å². The lowest BCUT2D eigenvalue weighted by Crippen LogP contribution is -2.18. The van der Waals surface area contributed by atoms with E-state index < -0.39 is 0 Å². The summed E-state index contributed by atoms with van der Waals surface area (Å²) in [6.45, 7) is 7.29. The first-order valence-corrected chi connectivity index (χ1v) is 8.44. The third kappa shape index (κ3) is 3.19. The van der Waals surface area contributed by atoms with Crippen molar-refractivity contribution in [1.82, 2.24) is 0 Å². The van der Waals surface area contributed by atoms with Gasteiger partial charge in [0.15, 0.2) is 0 Å². The van der Waals surface area contributed by atoms with Crippen LogP contribution in [0.4, 0.5) is 0 Å². The Morgan fingerprint density at radius 2 is 1.50 bits per heavy atom. The quantitative estimate of drug-likeness (QED) is 0.415. The molecule has 0 N–H and O–H groups in total. The predicted molar refractivity (Wildman–Crippen MR) is 80.6 cm³/mol. The van der Waals surface area contributed by atoms with Crippen molar-refractivity contribution in [1.29, 1.82) is 0 Å². The molecule has 0 aromatic carbocycles. The highest BCUT2D eigenvalue weighted by atomic mass is 14.4. The molecule has 4 atom stereocenters. The number of hydrogen-bond acceptors (Lipinski definition) is 0. The van der Waals surface area contributed by atoms with Crippen LogP contribution in [-0.2, 0) is 0 Å². The van der Waals surface area contributed by atoms with Crippen molar-refractivity contribution in [3.8, 4) is 0 Å². The standard InChI is InChI=1S/C18H32/c1-4-5-6-11-18(16-12-7-9-14(16)2)17-13-8-10-15(17)3/h11,14-17H,4-10,12-13H2,1-3H3/t14-,15+,16+,17-. The monoisotopic (exact) mass is 248 g/mol. The van der Waals surface area contributed by atoms with Crippen LogP contribution in [-0.4, -0.2) is 0 Å². The normalized spacial score (nSPS) is 37.4. The van der Waals surface area contributed by atoms with Gasteiger partial charge in [-0.15, -0.1) is 0 Å². The first kappa shape index (κ1) is 14.2. The molecule has 0 amide bonds. The fourth-order valence-electron chi connectivity index (χ4n) is 4.33. The highest BCUT2D eigenvalue weighted by Gasteiger charge is 2.34. The van der Waals surface area contributed by atoms with Crippen LogP contribution in [0.2, 0.25) is 0 Å². The van der Waals surface area contributed by atoms with E-state index in [1.54, 1.807) is 0 Å². The van der Waals surface area contributed by atoms with Crippen LogP contribution in [0.5, 0.6) is 0 Å². The minimum Gasteiger partial charge on any atom is -0.0848 e. The summed E-state index contributed by atoms with van der Waals surface area (Å²) in [4.78, 5) is 0. The van der Waals surface area contributed by atoms with Crippen molar-refractivity contribution >= 4 is 0 Å². The van der Waals surface area contributed by atoms with Crippen molar-refractivity contribution in [2.75, 3.05) is 0 Å². The molecule has 0 aromatic rings. The highest BCUT2D eigenvalue weighted by Crippen LogP contribution is 2.46. The minimum atomic E-state index is 0.937. The smallest absolute Gasteiger partial charge is 0.0175 e. The molecule has 0 bridgehead atoms. The van der Waals surface area contributed by atoms with Crippen LogP contribution in [0.25, 0.3) is 0 Å². The summed E-state index contributed by atoms with van der Waals surface area (Å²) in [5, 5.41) is 0. The molecule has 2 saturated carbocycles. The van der Waals surface area contributed by atoms with Gasteiger partial charge in [0, 0.05) is 0 Å². The second kappa shape index (κ2) is 6.78. The summed E-state index contributed by atoms with van der Waals surface area (Å²) in [5.41, 5.74) is 1.89. The summed E-state index contributed by atoms with van der Waals surface area (Å²) in [6.07, 6.45) is 15.5. The molecule has 0 radical (unpaired) electrons. The van der Waals surface area contributed by atoms with Crippen LogP contribution in [0.15, 0.2) is 11.6 Å². The van der Waals surface area contributed by atoms with E-state index in [4.69, 9.17) is 0 Å². The minimum absolute atomic E-state index is 0.937. The van der Waals surface area contributed by atoms with Gasteiger partial charge in [0.25, 0.3) is 0 Å². The predicted octanol–water partition coefficient (Wildman–Crippen LogP) is 5.98. The van der Waals surface area contributed by atoms with E-state index in [1.165, 1.54) is 57.8 Å². The van der Waals surface area contributed by atoms with Crippen LogP contribution < -0.4 is 0 Å². The number of hydrogen-bond donors (Lipinski definition) is 0. The van der Waals surface area contributed by atoms with E-state index in [2.05, 4.69) is 26.8 Å². The number of rotatable bonds is 5. The van der Waals surface area contributed by atoms with Crippen LogP contribution >= 0.6 is 0 Å². The Hall–Kier alpha value is -0.260. The van der Waals surface area contributed by atoms with E-state index in [9.17, 15) is 0 Å². The van der Waals surface area contributed by atoms with Gasteiger partial charge in [0.05, 0.1) is 0 Å². The fourth-order valence-corrected chi connectivity index (χ4v) is 4.33.